The highest BCUT2D eigenvalue weighted by atomic mass is 16.2. The summed E-state index contributed by atoms with van der Waals surface area (Å²) in [5, 5.41) is 2.21. The number of imide groups is 1. The summed E-state index contributed by atoms with van der Waals surface area (Å²) in [4.78, 5) is 39.9. The van der Waals surface area contributed by atoms with Gasteiger partial charge in [0.25, 0.3) is 0 Å². The van der Waals surface area contributed by atoms with E-state index in [1.54, 1.807) is 6.92 Å². The van der Waals surface area contributed by atoms with E-state index in [4.69, 9.17) is 0 Å². The van der Waals surface area contributed by atoms with Crippen molar-refractivity contribution in [2.75, 3.05) is 6.54 Å². The van der Waals surface area contributed by atoms with Gasteiger partial charge in [0, 0.05) is 12.4 Å². The maximum absolute atomic E-state index is 12.0. The summed E-state index contributed by atoms with van der Waals surface area (Å²) in [6, 6.07) is -1.03. The van der Waals surface area contributed by atoms with E-state index >= 15 is 0 Å². The topological polar surface area (TPSA) is 84.3 Å². The summed E-state index contributed by atoms with van der Waals surface area (Å²) in [5.74, 6) is -0.898. The number of piperazine rings is 1. The Morgan fingerprint density at radius 3 is 2.94 bits per heavy atom. The molecule has 1 aliphatic rings. The Morgan fingerprint density at radius 2 is 2.35 bits per heavy atom. The second-order valence-electron chi connectivity index (χ2n) is 3.72. The minimum absolute atomic E-state index is 0.110. The Balaban J connectivity index is 2.25. The second-order valence-corrected chi connectivity index (χ2v) is 3.72. The van der Waals surface area contributed by atoms with Crippen LogP contribution in [0.5, 0.6) is 0 Å². The zero-order chi connectivity index (χ0) is 12.4. The fraction of sp³-hybridized carbons (Fsp3) is 0.400. The Hall–Kier alpha value is -2.18. The van der Waals surface area contributed by atoms with E-state index in [9.17, 15) is 14.4 Å². The molecule has 7 heteroatoms. The minimum Gasteiger partial charge on any atom is -0.303 e. The first-order valence-corrected chi connectivity index (χ1v) is 5.26. The average molecular weight is 236 g/mol. The molecule has 1 unspecified atom stereocenters. The number of carbonyl (C=O) groups is 3. The SMILES string of the molecule is CCC1C(=O)NC(=O)CN1C(=O)n1ccnc1. The number of hydrogen-bond acceptors (Lipinski definition) is 4. The fourth-order valence-electron chi connectivity index (χ4n) is 1.79. The van der Waals surface area contributed by atoms with Crippen LogP contribution >= 0.6 is 0 Å². The van der Waals surface area contributed by atoms with Crippen LogP contribution in [0.1, 0.15) is 13.3 Å². The lowest BCUT2D eigenvalue weighted by Gasteiger charge is -2.33. The van der Waals surface area contributed by atoms with Gasteiger partial charge in [0.05, 0.1) is 0 Å². The first kappa shape index (κ1) is 11.3. The molecule has 2 rings (SSSR count). The van der Waals surface area contributed by atoms with Crippen molar-refractivity contribution < 1.29 is 14.4 Å². The van der Waals surface area contributed by atoms with Crippen LogP contribution < -0.4 is 5.32 Å². The fourth-order valence-corrected chi connectivity index (χ4v) is 1.79. The van der Waals surface area contributed by atoms with Crippen molar-refractivity contribution in [3.8, 4) is 0 Å². The number of hydrogen-bond donors (Lipinski definition) is 1. The van der Waals surface area contributed by atoms with Crippen LogP contribution in [0.2, 0.25) is 0 Å². The predicted molar refractivity (Wildman–Crippen MR) is 57.0 cm³/mol. The molecule has 0 bridgehead atoms. The summed E-state index contributed by atoms with van der Waals surface area (Å²) in [5.41, 5.74) is 0. The van der Waals surface area contributed by atoms with Gasteiger partial charge in [0.15, 0.2) is 0 Å². The van der Waals surface area contributed by atoms with Gasteiger partial charge >= 0.3 is 6.03 Å². The standard InChI is InChI=1S/C10H12N4O3/c1-2-7-9(16)12-8(15)5-14(7)10(17)13-4-3-11-6-13/h3-4,6-7H,2,5H2,1H3,(H,12,15,16). The van der Waals surface area contributed by atoms with Crippen LogP contribution in [-0.2, 0) is 9.59 Å². The molecule has 7 nitrogen and oxygen atoms in total. The van der Waals surface area contributed by atoms with Gasteiger partial charge in [0.1, 0.15) is 18.9 Å². The Labute approximate surface area is 97.4 Å². The normalized spacial score (nSPS) is 20.3. The summed E-state index contributed by atoms with van der Waals surface area (Å²) < 4.78 is 1.24. The molecule has 0 spiro atoms. The lowest BCUT2D eigenvalue weighted by atomic mass is 10.1. The average Bonchev–Trinajstić information content (AvgIpc) is 2.80. The van der Waals surface area contributed by atoms with Crippen molar-refractivity contribution >= 4 is 17.8 Å². The van der Waals surface area contributed by atoms with Crippen molar-refractivity contribution in [2.45, 2.75) is 19.4 Å². The summed E-state index contributed by atoms with van der Waals surface area (Å²) >= 11 is 0. The van der Waals surface area contributed by atoms with Crippen molar-refractivity contribution in [3.63, 3.8) is 0 Å². The Kier molecular flexibility index (Phi) is 2.90. The monoisotopic (exact) mass is 236 g/mol. The van der Waals surface area contributed by atoms with Gasteiger partial charge in [-0.2, -0.15) is 0 Å². The predicted octanol–water partition coefficient (Wildman–Crippen LogP) is -0.412. The molecule has 1 aliphatic heterocycles. The van der Waals surface area contributed by atoms with Gasteiger partial charge in [0.2, 0.25) is 11.8 Å². The highest BCUT2D eigenvalue weighted by molar-refractivity contribution is 6.04. The minimum atomic E-state index is -0.609. The molecule has 1 atom stereocenters. The summed E-state index contributed by atoms with van der Waals surface area (Å²) in [6.07, 6.45) is 4.74. The molecule has 1 N–H and O–H groups in total. The maximum Gasteiger partial charge on any atom is 0.330 e. The second kappa shape index (κ2) is 4.36. The summed E-state index contributed by atoms with van der Waals surface area (Å²) in [7, 11) is 0. The van der Waals surface area contributed by atoms with Crippen LogP contribution in [0.15, 0.2) is 18.7 Å². The Bertz CT molecular complexity index is 454. The highest BCUT2D eigenvalue weighted by Crippen LogP contribution is 2.11. The molecular formula is C10H12N4O3. The van der Waals surface area contributed by atoms with E-state index in [0.29, 0.717) is 6.42 Å². The first-order chi connectivity index (χ1) is 8.13. The van der Waals surface area contributed by atoms with E-state index in [1.165, 1.54) is 28.2 Å². The van der Waals surface area contributed by atoms with Gasteiger partial charge in [-0.3, -0.25) is 19.5 Å². The quantitative estimate of drug-likeness (QED) is 0.672. The first-order valence-electron chi connectivity index (χ1n) is 5.26. The van der Waals surface area contributed by atoms with Crippen LogP contribution in [0.25, 0.3) is 0 Å². The lowest BCUT2D eigenvalue weighted by Crippen LogP contribution is -2.60. The molecule has 1 aromatic rings. The smallest absolute Gasteiger partial charge is 0.303 e. The number of nitrogens with one attached hydrogen (secondary N) is 1. The van der Waals surface area contributed by atoms with Crippen LogP contribution in [0.4, 0.5) is 4.79 Å². The van der Waals surface area contributed by atoms with Crippen LogP contribution in [-0.4, -0.2) is 44.9 Å². The molecule has 1 aromatic heterocycles. The third-order valence-corrected chi connectivity index (χ3v) is 2.61. The van der Waals surface area contributed by atoms with E-state index in [2.05, 4.69) is 10.3 Å². The van der Waals surface area contributed by atoms with E-state index in [0.717, 1.165) is 0 Å². The number of carbonyl (C=O) groups excluding carboxylic acids is 3. The van der Waals surface area contributed by atoms with E-state index in [1.807, 2.05) is 0 Å². The van der Waals surface area contributed by atoms with Crippen molar-refractivity contribution in [2.24, 2.45) is 0 Å². The molecule has 0 radical (unpaired) electrons. The summed E-state index contributed by atoms with van der Waals surface area (Å²) in [6.45, 7) is 1.68. The molecule has 0 aromatic carbocycles. The number of amides is 3. The largest absolute Gasteiger partial charge is 0.330 e. The molecule has 17 heavy (non-hydrogen) atoms. The molecule has 0 saturated carbocycles. The third-order valence-electron chi connectivity index (χ3n) is 2.61. The van der Waals surface area contributed by atoms with Gasteiger partial charge in [-0.05, 0) is 6.42 Å². The zero-order valence-corrected chi connectivity index (χ0v) is 9.29. The molecule has 1 fully saturated rings. The molecule has 1 saturated heterocycles. The van der Waals surface area contributed by atoms with Crippen molar-refractivity contribution in [1.29, 1.82) is 0 Å². The van der Waals surface area contributed by atoms with Crippen molar-refractivity contribution in [3.05, 3.63) is 18.7 Å². The van der Waals surface area contributed by atoms with Gasteiger partial charge in [-0.15, -0.1) is 0 Å². The maximum atomic E-state index is 12.0. The number of imidazole rings is 1. The van der Waals surface area contributed by atoms with E-state index < -0.39 is 23.9 Å². The molecular weight excluding hydrogens is 224 g/mol. The molecule has 3 amide bonds. The zero-order valence-electron chi connectivity index (χ0n) is 9.29. The van der Waals surface area contributed by atoms with Crippen LogP contribution in [0.3, 0.4) is 0 Å². The molecule has 90 valence electrons. The highest BCUT2D eigenvalue weighted by Gasteiger charge is 2.35. The Morgan fingerprint density at radius 1 is 1.59 bits per heavy atom. The van der Waals surface area contributed by atoms with Gasteiger partial charge in [-0.1, -0.05) is 6.92 Å². The number of aromatic nitrogens is 2. The van der Waals surface area contributed by atoms with Gasteiger partial charge < -0.3 is 4.90 Å². The number of nitrogens with zero attached hydrogens (tertiary/aromatic N) is 3. The van der Waals surface area contributed by atoms with Crippen LogP contribution in [0, 0.1) is 0 Å². The lowest BCUT2D eigenvalue weighted by molar-refractivity contribution is -0.138. The van der Waals surface area contributed by atoms with E-state index in [-0.39, 0.29) is 6.54 Å². The number of rotatable bonds is 1. The van der Waals surface area contributed by atoms with Gasteiger partial charge in [-0.25, -0.2) is 9.78 Å². The van der Waals surface area contributed by atoms with Crippen molar-refractivity contribution in [1.82, 2.24) is 19.8 Å². The molecule has 2 heterocycles. The third kappa shape index (κ3) is 2.03. The molecule has 0 aliphatic carbocycles.